The predicted octanol–water partition coefficient (Wildman–Crippen LogP) is 1.66. The van der Waals surface area contributed by atoms with Crippen molar-refractivity contribution >= 4 is 46.2 Å². The summed E-state index contributed by atoms with van der Waals surface area (Å²) in [6, 6.07) is 8.49. The number of fused-ring (bicyclic) bond motifs is 2. The molecular formula is C24H24FN5O6S. The van der Waals surface area contributed by atoms with Crippen LogP contribution in [0.1, 0.15) is 5.56 Å². The molecule has 3 aromatic rings. The number of amides is 2. The van der Waals surface area contributed by atoms with E-state index in [-0.39, 0.29) is 31.1 Å². The van der Waals surface area contributed by atoms with E-state index < -0.39 is 30.2 Å². The van der Waals surface area contributed by atoms with Crippen molar-refractivity contribution in [1.82, 2.24) is 15.3 Å². The molecule has 1 aromatic carbocycles. The molecule has 0 spiro atoms. The Bertz CT molecular complexity index is 1360. The SMILES string of the molecule is COc1ccc2ncc(F)c(CNC[C@H](O)C(O)[C@@H]3CN(c4ccc5c(c4)NC(=O)CS5)C(=O)O3)c2n1. The minimum absolute atomic E-state index is 0.00420. The maximum Gasteiger partial charge on any atom is 0.414 e. The van der Waals surface area contributed by atoms with Crippen LogP contribution < -0.4 is 20.3 Å². The number of hydrogen-bond donors (Lipinski definition) is 4. The highest BCUT2D eigenvalue weighted by Crippen LogP contribution is 2.35. The van der Waals surface area contributed by atoms with Gasteiger partial charge in [0, 0.05) is 35.3 Å². The number of ether oxygens (including phenoxy) is 2. The highest BCUT2D eigenvalue weighted by Gasteiger charge is 2.39. The number of hydrogen-bond acceptors (Lipinski definition) is 10. The normalized spacial score (nSPS) is 18.8. The van der Waals surface area contributed by atoms with Gasteiger partial charge in [-0.25, -0.2) is 14.2 Å². The third-order valence-electron chi connectivity index (χ3n) is 6.12. The van der Waals surface area contributed by atoms with Crippen LogP contribution in [0.15, 0.2) is 41.4 Å². The molecule has 3 atom stereocenters. The first-order valence-corrected chi connectivity index (χ1v) is 12.4. The molecule has 0 bridgehead atoms. The molecule has 37 heavy (non-hydrogen) atoms. The van der Waals surface area contributed by atoms with Gasteiger partial charge in [0.1, 0.15) is 17.4 Å². The second-order valence-electron chi connectivity index (χ2n) is 8.55. The summed E-state index contributed by atoms with van der Waals surface area (Å²) in [5.74, 6) is -0.0651. The summed E-state index contributed by atoms with van der Waals surface area (Å²) < 4.78 is 24.9. The second-order valence-corrected chi connectivity index (χ2v) is 9.56. The molecule has 0 aliphatic carbocycles. The molecule has 13 heteroatoms. The number of anilines is 2. The number of thioether (sulfide) groups is 1. The Balaban J connectivity index is 1.21. The molecule has 11 nitrogen and oxygen atoms in total. The van der Waals surface area contributed by atoms with Gasteiger partial charge in [0.05, 0.1) is 42.9 Å². The zero-order valence-corrected chi connectivity index (χ0v) is 20.5. The highest BCUT2D eigenvalue weighted by atomic mass is 32.2. The lowest BCUT2D eigenvalue weighted by atomic mass is 10.1. The molecule has 2 aliphatic heterocycles. The highest BCUT2D eigenvalue weighted by molar-refractivity contribution is 8.00. The number of aromatic nitrogens is 2. The van der Waals surface area contributed by atoms with Crippen molar-refractivity contribution in [2.45, 2.75) is 29.8 Å². The van der Waals surface area contributed by atoms with Gasteiger partial charge in [-0.15, -0.1) is 11.8 Å². The third-order valence-corrected chi connectivity index (χ3v) is 7.20. The number of pyridine rings is 2. The van der Waals surface area contributed by atoms with Crippen molar-refractivity contribution in [3.63, 3.8) is 0 Å². The van der Waals surface area contributed by atoms with Gasteiger partial charge >= 0.3 is 6.09 Å². The number of methoxy groups -OCH3 is 1. The molecular weight excluding hydrogens is 505 g/mol. The lowest BCUT2D eigenvalue weighted by molar-refractivity contribution is -0.113. The van der Waals surface area contributed by atoms with Crippen LogP contribution in [0.5, 0.6) is 5.88 Å². The van der Waals surface area contributed by atoms with Crippen molar-refractivity contribution in [3.05, 3.63) is 47.9 Å². The van der Waals surface area contributed by atoms with Gasteiger partial charge in [-0.2, -0.15) is 0 Å². The van der Waals surface area contributed by atoms with E-state index in [1.807, 2.05) is 0 Å². The van der Waals surface area contributed by atoms with Crippen LogP contribution in [0.3, 0.4) is 0 Å². The van der Waals surface area contributed by atoms with Crippen molar-refractivity contribution in [3.8, 4) is 5.88 Å². The molecule has 0 radical (unpaired) electrons. The van der Waals surface area contributed by atoms with E-state index in [0.717, 1.165) is 11.1 Å². The molecule has 1 fully saturated rings. The van der Waals surface area contributed by atoms with E-state index in [0.29, 0.717) is 34.0 Å². The summed E-state index contributed by atoms with van der Waals surface area (Å²) in [5.41, 5.74) is 2.14. The summed E-state index contributed by atoms with van der Waals surface area (Å²) in [5, 5.41) is 26.9. The Morgan fingerprint density at radius 1 is 1.32 bits per heavy atom. The minimum atomic E-state index is -1.40. The van der Waals surface area contributed by atoms with Crippen LogP contribution in [-0.4, -0.2) is 76.4 Å². The van der Waals surface area contributed by atoms with Crippen LogP contribution in [0.2, 0.25) is 0 Å². The molecule has 2 aliphatic rings. The van der Waals surface area contributed by atoms with Crippen molar-refractivity contribution in [2.75, 3.05) is 36.2 Å². The quantitative estimate of drug-likeness (QED) is 0.340. The molecule has 5 rings (SSSR count). The fraction of sp³-hybridized carbons (Fsp3) is 0.333. The van der Waals surface area contributed by atoms with Gasteiger partial charge in [-0.05, 0) is 24.3 Å². The zero-order valence-electron chi connectivity index (χ0n) is 19.7. The first-order valence-electron chi connectivity index (χ1n) is 11.4. The van der Waals surface area contributed by atoms with Crippen molar-refractivity contribution in [1.29, 1.82) is 0 Å². The monoisotopic (exact) mass is 529 g/mol. The Hall–Kier alpha value is -3.52. The number of aliphatic hydroxyl groups is 2. The number of carbonyl (C=O) groups excluding carboxylic acids is 2. The molecule has 2 amide bonds. The van der Waals surface area contributed by atoms with Gasteiger partial charge in [0.15, 0.2) is 6.10 Å². The maximum atomic E-state index is 14.5. The van der Waals surface area contributed by atoms with E-state index >= 15 is 0 Å². The van der Waals surface area contributed by atoms with E-state index in [1.54, 1.807) is 30.3 Å². The number of rotatable bonds is 8. The first kappa shape index (κ1) is 25.1. The zero-order chi connectivity index (χ0) is 26.1. The van der Waals surface area contributed by atoms with Gasteiger partial charge in [0.25, 0.3) is 0 Å². The molecule has 0 saturated carbocycles. The standard InChI is InChI=1S/C24H24FN5O6S/c1-35-21-5-3-15-22(29-21)13(14(25)8-27-15)7-26-9-17(31)23(33)18-10-30(24(34)36-18)12-2-4-19-16(6-12)28-20(32)11-37-19/h2-6,8,17-18,23,26,31,33H,7,9-11H2,1H3,(H,28,32)/t17-,18-,23?/m0/s1. The molecule has 4 N–H and O–H groups in total. The summed E-state index contributed by atoms with van der Waals surface area (Å²) >= 11 is 1.40. The fourth-order valence-corrected chi connectivity index (χ4v) is 4.97. The topological polar surface area (TPSA) is 146 Å². The van der Waals surface area contributed by atoms with E-state index in [4.69, 9.17) is 9.47 Å². The first-order chi connectivity index (χ1) is 17.8. The van der Waals surface area contributed by atoms with Gasteiger partial charge in [-0.3, -0.25) is 14.7 Å². The lowest BCUT2D eigenvalue weighted by Crippen LogP contribution is -2.44. The average molecular weight is 530 g/mol. The number of halogens is 1. The number of benzene rings is 1. The van der Waals surface area contributed by atoms with E-state index in [9.17, 15) is 24.2 Å². The van der Waals surface area contributed by atoms with Gasteiger partial charge in [-0.1, -0.05) is 0 Å². The van der Waals surface area contributed by atoms with Gasteiger partial charge < -0.3 is 30.3 Å². The van der Waals surface area contributed by atoms with Crippen LogP contribution in [0.4, 0.5) is 20.6 Å². The van der Waals surface area contributed by atoms with Crippen LogP contribution >= 0.6 is 11.8 Å². The molecule has 2 aromatic heterocycles. The Labute approximate surface area is 215 Å². The van der Waals surface area contributed by atoms with Crippen LogP contribution in [-0.2, 0) is 16.1 Å². The van der Waals surface area contributed by atoms with Crippen molar-refractivity contribution in [2.24, 2.45) is 0 Å². The Morgan fingerprint density at radius 2 is 2.16 bits per heavy atom. The summed E-state index contributed by atoms with van der Waals surface area (Å²) in [6.45, 7) is -0.0982. The van der Waals surface area contributed by atoms with Crippen LogP contribution in [0.25, 0.3) is 11.0 Å². The minimum Gasteiger partial charge on any atom is -0.481 e. The summed E-state index contributed by atoms with van der Waals surface area (Å²) in [4.78, 5) is 34.7. The predicted molar refractivity (Wildman–Crippen MR) is 133 cm³/mol. The number of nitrogens with zero attached hydrogens (tertiary/aromatic N) is 3. The Kier molecular flexibility index (Phi) is 7.11. The average Bonchev–Trinajstić information content (AvgIpc) is 3.29. The lowest BCUT2D eigenvalue weighted by Gasteiger charge is -2.23. The van der Waals surface area contributed by atoms with Crippen LogP contribution in [0, 0.1) is 5.82 Å². The molecule has 1 unspecified atom stereocenters. The summed E-state index contributed by atoms with van der Waals surface area (Å²) in [6.07, 6.45) is -3.28. The number of nitrogens with one attached hydrogen (secondary N) is 2. The summed E-state index contributed by atoms with van der Waals surface area (Å²) in [7, 11) is 1.45. The molecule has 1 saturated heterocycles. The third kappa shape index (κ3) is 5.16. The second kappa shape index (κ2) is 10.5. The molecule has 4 heterocycles. The number of cyclic esters (lactones) is 1. The largest absolute Gasteiger partial charge is 0.481 e. The maximum absolute atomic E-state index is 14.5. The smallest absolute Gasteiger partial charge is 0.414 e. The number of carbonyl (C=O) groups is 2. The van der Waals surface area contributed by atoms with E-state index in [1.165, 1.54) is 23.8 Å². The van der Waals surface area contributed by atoms with E-state index in [2.05, 4.69) is 20.6 Å². The molecule has 194 valence electrons. The Morgan fingerprint density at radius 3 is 2.97 bits per heavy atom. The van der Waals surface area contributed by atoms with Crippen molar-refractivity contribution < 1.29 is 33.7 Å². The number of aliphatic hydroxyl groups excluding tert-OH is 2. The fourth-order valence-electron chi connectivity index (χ4n) is 4.19. The van der Waals surface area contributed by atoms with Gasteiger partial charge in [0.2, 0.25) is 11.8 Å².